The first kappa shape index (κ1) is 17.0. The first-order valence-corrected chi connectivity index (χ1v) is 7.55. The smallest absolute Gasteiger partial charge is 0.224 e. The molecule has 4 nitrogen and oxygen atoms in total. The number of benzene rings is 2. The molecule has 0 aliphatic carbocycles. The van der Waals surface area contributed by atoms with Gasteiger partial charge in [0.2, 0.25) is 5.91 Å². The Labute approximate surface area is 135 Å². The minimum Gasteiger partial charge on any atom is -0.489 e. The maximum atomic E-state index is 12.8. The van der Waals surface area contributed by atoms with E-state index in [4.69, 9.17) is 10.5 Å². The quantitative estimate of drug-likeness (QED) is 0.822. The van der Waals surface area contributed by atoms with E-state index in [1.165, 1.54) is 12.1 Å². The van der Waals surface area contributed by atoms with Crippen LogP contribution in [0.3, 0.4) is 0 Å². The van der Waals surface area contributed by atoms with Gasteiger partial charge in [0.1, 0.15) is 18.2 Å². The van der Waals surface area contributed by atoms with Crippen molar-refractivity contribution in [3.8, 4) is 5.75 Å². The molecular formula is C18H21FN2O2. The van der Waals surface area contributed by atoms with E-state index in [2.05, 4.69) is 5.32 Å². The molecule has 2 aromatic carbocycles. The highest BCUT2D eigenvalue weighted by molar-refractivity contribution is 5.90. The number of carbonyl (C=O) groups is 1. The van der Waals surface area contributed by atoms with E-state index < -0.39 is 0 Å². The summed E-state index contributed by atoms with van der Waals surface area (Å²) in [4.78, 5) is 11.8. The minimum absolute atomic E-state index is 0.00567. The zero-order valence-corrected chi connectivity index (χ0v) is 13.1. The summed E-state index contributed by atoms with van der Waals surface area (Å²) in [5.41, 5.74) is 7.19. The zero-order valence-electron chi connectivity index (χ0n) is 13.1. The predicted octanol–water partition coefficient (Wildman–Crippen LogP) is 3.47. The van der Waals surface area contributed by atoms with Crippen LogP contribution in [-0.2, 0) is 11.4 Å². The molecule has 5 heteroatoms. The number of amides is 1. The summed E-state index contributed by atoms with van der Waals surface area (Å²) in [7, 11) is 0. The van der Waals surface area contributed by atoms with Gasteiger partial charge in [0, 0.05) is 24.2 Å². The number of anilines is 1. The van der Waals surface area contributed by atoms with Gasteiger partial charge in [-0.3, -0.25) is 4.79 Å². The van der Waals surface area contributed by atoms with Crippen LogP contribution in [0, 0.1) is 5.82 Å². The second-order valence-corrected chi connectivity index (χ2v) is 5.51. The third-order valence-electron chi connectivity index (χ3n) is 3.26. The van der Waals surface area contributed by atoms with Crippen molar-refractivity contribution >= 4 is 11.6 Å². The van der Waals surface area contributed by atoms with Crippen molar-refractivity contribution < 1.29 is 13.9 Å². The molecule has 23 heavy (non-hydrogen) atoms. The fraction of sp³-hybridized carbons (Fsp3) is 0.278. The van der Waals surface area contributed by atoms with Crippen LogP contribution in [0.4, 0.5) is 10.1 Å². The van der Waals surface area contributed by atoms with E-state index in [-0.39, 0.29) is 17.8 Å². The fourth-order valence-corrected chi connectivity index (χ4v) is 1.99. The third-order valence-corrected chi connectivity index (χ3v) is 3.26. The number of rotatable bonds is 7. The lowest BCUT2D eigenvalue weighted by atomic mass is 10.2. The summed E-state index contributed by atoms with van der Waals surface area (Å²) < 4.78 is 18.5. The number of nitrogens with two attached hydrogens (primary N) is 1. The Balaban J connectivity index is 1.89. The maximum Gasteiger partial charge on any atom is 0.224 e. The van der Waals surface area contributed by atoms with E-state index in [9.17, 15) is 9.18 Å². The number of carbonyl (C=O) groups excluding carboxylic acids is 1. The van der Waals surface area contributed by atoms with Gasteiger partial charge in [-0.25, -0.2) is 4.39 Å². The Morgan fingerprint density at radius 1 is 1.26 bits per heavy atom. The lowest BCUT2D eigenvalue weighted by Crippen LogP contribution is -2.19. The fourth-order valence-electron chi connectivity index (χ4n) is 1.99. The number of halogens is 1. The van der Waals surface area contributed by atoms with Crippen LogP contribution in [0.2, 0.25) is 0 Å². The van der Waals surface area contributed by atoms with Crippen molar-refractivity contribution in [2.45, 2.75) is 32.4 Å². The summed E-state index contributed by atoms with van der Waals surface area (Å²) in [6, 6.07) is 13.3. The SMILES string of the molecule is CC(N)CCC(=O)Nc1cccc(OCc2ccc(F)cc2)c1. The van der Waals surface area contributed by atoms with Gasteiger partial charge in [-0.2, -0.15) is 0 Å². The molecule has 0 spiro atoms. The Bertz CT molecular complexity index is 642. The summed E-state index contributed by atoms with van der Waals surface area (Å²) in [5.74, 6) is 0.294. The molecular weight excluding hydrogens is 295 g/mol. The van der Waals surface area contributed by atoms with E-state index in [0.717, 1.165) is 5.56 Å². The second-order valence-electron chi connectivity index (χ2n) is 5.51. The largest absolute Gasteiger partial charge is 0.489 e. The molecule has 0 aliphatic rings. The lowest BCUT2D eigenvalue weighted by molar-refractivity contribution is -0.116. The third kappa shape index (κ3) is 6.08. The molecule has 122 valence electrons. The Hall–Kier alpha value is -2.40. The van der Waals surface area contributed by atoms with Crippen LogP contribution in [0.1, 0.15) is 25.3 Å². The van der Waals surface area contributed by atoms with Gasteiger partial charge in [0.25, 0.3) is 0 Å². The normalized spacial score (nSPS) is 11.8. The molecule has 0 aromatic heterocycles. The minimum atomic E-state index is -0.273. The van der Waals surface area contributed by atoms with Crippen molar-refractivity contribution in [1.29, 1.82) is 0 Å². The molecule has 2 aromatic rings. The molecule has 0 bridgehead atoms. The van der Waals surface area contributed by atoms with Crippen molar-refractivity contribution in [3.05, 3.63) is 59.9 Å². The molecule has 0 saturated carbocycles. The standard InChI is InChI=1S/C18H21FN2O2/c1-13(20)5-10-18(22)21-16-3-2-4-17(11-16)23-12-14-6-8-15(19)9-7-14/h2-4,6-9,11,13H,5,10,12,20H2,1H3,(H,21,22). The summed E-state index contributed by atoms with van der Waals surface area (Å²) >= 11 is 0. The summed E-state index contributed by atoms with van der Waals surface area (Å²) in [5, 5.41) is 2.82. The predicted molar refractivity (Wildman–Crippen MR) is 88.7 cm³/mol. The number of ether oxygens (including phenoxy) is 1. The monoisotopic (exact) mass is 316 g/mol. The molecule has 1 amide bonds. The van der Waals surface area contributed by atoms with E-state index in [0.29, 0.717) is 30.9 Å². The zero-order chi connectivity index (χ0) is 16.7. The number of hydrogen-bond acceptors (Lipinski definition) is 3. The Morgan fingerprint density at radius 3 is 2.70 bits per heavy atom. The average molecular weight is 316 g/mol. The van der Waals surface area contributed by atoms with E-state index in [1.54, 1.807) is 36.4 Å². The first-order valence-electron chi connectivity index (χ1n) is 7.55. The van der Waals surface area contributed by atoms with Crippen molar-refractivity contribution in [2.75, 3.05) is 5.32 Å². The van der Waals surface area contributed by atoms with Gasteiger partial charge in [-0.1, -0.05) is 18.2 Å². The Morgan fingerprint density at radius 2 is 2.00 bits per heavy atom. The highest BCUT2D eigenvalue weighted by atomic mass is 19.1. The first-order chi connectivity index (χ1) is 11.0. The number of hydrogen-bond donors (Lipinski definition) is 2. The van der Waals surface area contributed by atoms with Crippen molar-refractivity contribution in [2.24, 2.45) is 5.73 Å². The molecule has 1 atom stereocenters. The molecule has 0 aliphatic heterocycles. The topological polar surface area (TPSA) is 64.4 Å². The van der Waals surface area contributed by atoms with Gasteiger partial charge in [0.15, 0.2) is 0 Å². The van der Waals surface area contributed by atoms with Gasteiger partial charge < -0.3 is 15.8 Å². The van der Waals surface area contributed by atoms with Crippen LogP contribution in [0.15, 0.2) is 48.5 Å². The van der Waals surface area contributed by atoms with Crippen LogP contribution >= 0.6 is 0 Å². The van der Waals surface area contributed by atoms with Crippen LogP contribution in [-0.4, -0.2) is 11.9 Å². The summed E-state index contributed by atoms with van der Waals surface area (Å²) in [6.07, 6.45) is 1.03. The second kappa shape index (κ2) is 8.29. The summed E-state index contributed by atoms with van der Waals surface area (Å²) in [6.45, 7) is 2.21. The van der Waals surface area contributed by atoms with E-state index >= 15 is 0 Å². The van der Waals surface area contributed by atoms with Crippen LogP contribution in [0.5, 0.6) is 5.75 Å². The number of nitrogens with one attached hydrogen (secondary N) is 1. The van der Waals surface area contributed by atoms with Crippen LogP contribution < -0.4 is 15.8 Å². The molecule has 0 heterocycles. The van der Waals surface area contributed by atoms with Gasteiger partial charge in [-0.15, -0.1) is 0 Å². The highest BCUT2D eigenvalue weighted by Gasteiger charge is 2.05. The molecule has 0 radical (unpaired) electrons. The van der Waals surface area contributed by atoms with Crippen molar-refractivity contribution in [3.63, 3.8) is 0 Å². The molecule has 0 fully saturated rings. The average Bonchev–Trinajstić information content (AvgIpc) is 2.53. The Kier molecular flexibility index (Phi) is 6.11. The maximum absolute atomic E-state index is 12.8. The molecule has 2 rings (SSSR count). The van der Waals surface area contributed by atoms with Crippen molar-refractivity contribution in [1.82, 2.24) is 0 Å². The molecule has 1 unspecified atom stereocenters. The highest BCUT2D eigenvalue weighted by Crippen LogP contribution is 2.19. The van der Waals surface area contributed by atoms with Gasteiger partial charge in [0.05, 0.1) is 0 Å². The van der Waals surface area contributed by atoms with Crippen LogP contribution in [0.25, 0.3) is 0 Å². The molecule has 0 saturated heterocycles. The molecule has 3 N–H and O–H groups in total. The van der Waals surface area contributed by atoms with E-state index in [1.807, 2.05) is 6.92 Å². The van der Waals surface area contributed by atoms with Gasteiger partial charge in [-0.05, 0) is 43.2 Å². The lowest BCUT2D eigenvalue weighted by Gasteiger charge is -2.10. The van der Waals surface area contributed by atoms with Gasteiger partial charge >= 0.3 is 0 Å².